The first-order valence-corrected chi connectivity index (χ1v) is 7.27. The molecule has 1 aromatic carbocycles. The topological polar surface area (TPSA) is 36.9 Å². The summed E-state index contributed by atoms with van der Waals surface area (Å²) in [6.45, 7) is 6.68. The van der Waals surface area contributed by atoms with Crippen LogP contribution in [0.1, 0.15) is 33.3 Å². The zero-order valence-electron chi connectivity index (χ0n) is 14.1. The van der Waals surface area contributed by atoms with E-state index >= 15 is 0 Å². The van der Waals surface area contributed by atoms with Crippen LogP contribution in [0.2, 0.25) is 0 Å². The lowest BCUT2D eigenvalue weighted by Gasteiger charge is -2.32. The van der Waals surface area contributed by atoms with Gasteiger partial charge in [-0.05, 0) is 45.3 Å². The second-order valence-electron chi connectivity index (χ2n) is 6.52. The Kier molecular flexibility index (Phi) is 4.91. The molecule has 1 fully saturated rings. The van der Waals surface area contributed by atoms with Gasteiger partial charge in [0.1, 0.15) is 0 Å². The summed E-state index contributed by atoms with van der Waals surface area (Å²) in [5, 5.41) is 0. The second kappa shape index (κ2) is 6.20. The maximum atomic E-state index is 14.1. The van der Waals surface area contributed by atoms with Crippen LogP contribution in [0, 0.1) is 5.82 Å². The van der Waals surface area contributed by atoms with Gasteiger partial charge in [-0.15, -0.1) is 0 Å². The summed E-state index contributed by atoms with van der Waals surface area (Å²) in [5.74, 6) is -2.07. The molecule has 0 amide bonds. The standard InChI is InChI=1S/C15H19BF4O4/c1-13(2)14(3,4)24-16(23-13)9-6-10(15(18,19)20)12(17)11(7-9)22-8-21-5/h6-7H,8H2,1-5H3. The molecule has 0 saturated carbocycles. The van der Waals surface area contributed by atoms with Crippen LogP contribution in [0.15, 0.2) is 12.1 Å². The zero-order valence-corrected chi connectivity index (χ0v) is 14.1. The summed E-state index contributed by atoms with van der Waals surface area (Å²) in [7, 11) is 0.210. The van der Waals surface area contributed by atoms with Crippen LogP contribution in [0.5, 0.6) is 5.75 Å². The van der Waals surface area contributed by atoms with Crippen molar-refractivity contribution in [2.75, 3.05) is 13.9 Å². The lowest BCUT2D eigenvalue weighted by Crippen LogP contribution is -2.41. The highest BCUT2D eigenvalue weighted by Gasteiger charge is 2.52. The number of benzene rings is 1. The van der Waals surface area contributed by atoms with Crippen molar-refractivity contribution in [1.29, 1.82) is 0 Å². The zero-order chi connectivity index (χ0) is 18.3. The molecule has 0 spiro atoms. The monoisotopic (exact) mass is 350 g/mol. The summed E-state index contributed by atoms with van der Waals surface area (Å²) in [6, 6.07) is 1.81. The van der Waals surface area contributed by atoms with E-state index in [9.17, 15) is 17.6 Å². The molecule has 0 N–H and O–H groups in total. The van der Waals surface area contributed by atoms with Crippen LogP contribution in [0.3, 0.4) is 0 Å². The van der Waals surface area contributed by atoms with Crippen molar-refractivity contribution in [1.82, 2.24) is 0 Å². The minimum absolute atomic E-state index is 0.0217. The fourth-order valence-electron chi connectivity index (χ4n) is 2.17. The van der Waals surface area contributed by atoms with Gasteiger partial charge in [0.15, 0.2) is 18.4 Å². The Balaban J connectivity index is 2.47. The minimum Gasteiger partial charge on any atom is -0.464 e. The molecule has 0 radical (unpaired) electrons. The van der Waals surface area contributed by atoms with Crippen molar-refractivity contribution in [3.05, 3.63) is 23.5 Å². The van der Waals surface area contributed by atoms with Crippen LogP contribution in [-0.2, 0) is 20.2 Å². The fraction of sp³-hybridized carbons (Fsp3) is 0.600. The molecule has 1 aliphatic heterocycles. The Morgan fingerprint density at radius 1 is 1.08 bits per heavy atom. The smallest absolute Gasteiger partial charge is 0.464 e. The predicted molar refractivity (Wildman–Crippen MR) is 79.6 cm³/mol. The molecule has 0 aliphatic carbocycles. The molecule has 0 bridgehead atoms. The van der Waals surface area contributed by atoms with Gasteiger partial charge in [0.25, 0.3) is 0 Å². The molecule has 1 aromatic rings. The van der Waals surface area contributed by atoms with Crippen molar-refractivity contribution >= 4 is 12.6 Å². The van der Waals surface area contributed by atoms with E-state index in [4.69, 9.17) is 14.0 Å². The minimum atomic E-state index is -4.88. The maximum absolute atomic E-state index is 14.1. The molecule has 4 nitrogen and oxygen atoms in total. The van der Waals surface area contributed by atoms with E-state index in [-0.39, 0.29) is 12.3 Å². The van der Waals surface area contributed by atoms with E-state index in [1.807, 2.05) is 0 Å². The molecular formula is C15H19BF4O4. The van der Waals surface area contributed by atoms with Crippen LogP contribution >= 0.6 is 0 Å². The van der Waals surface area contributed by atoms with Crippen molar-refractivity contribution in [2.24, 2.45) is 0 Å². The third kappa shape index (κ3) is 3.53. The van der Waals surface area contributed by atoms with Crippen molar-refractivity contribution in [3.8, 4) is 5.75 Å². The third-order valence-electron chi connectivity index (χ3n) is 4.22. The van der Waals surface area contributed by atoms with Crippen LogP contribution in [0.25, 0.3) is 0 Å². The van der Waals surface area contributed by atoms with Crippen molar-refractivity contribution in [2.45, 2.75) is 45.1 Å². The van der Waals surface area contributed by atoms with Gasteiger partial charge in [-0.1, -0.05) is 0 Å². The number of ether oxygens (including phenoxy) is 2. The van der Waals surface area contributed by atoms with Gasteiger partial charge in [0.2, 0.25) is 0 Å². The lowest BCUT2D eigenvalue weighted by molar-refractivity contribution is -0.140. The predicted octanol–water partition coefficient (Wildman–Crippen LogP) is 3.13. The Labute approximate surface area is 138 Å². The van der Waals surface area contributed by atoms with Crippen molar-refractivity contribution < 1.29 is 36.3 Å². The Bertz CT molecular complexity index is 600. The number of hydrogen-bond acceptors (Lipinski definition) is 4. The number of hydrogen-bond donors (Lipinski definition) is 0. The highest BCUT2D eigenvalue weighted by atomic mass is 19.4. The van der Waals surface area contributed by atoms with Crippen LogP contribution < -0.4 is 10.2 Å². The summed E-state index contributed by atoms with van der Waals surface area (Å²) in [6.07, 6.45) is -4.88. The van der Waals surface area contributed by atoms with Gasteiger partial charge >= 0.3 is 13.3 Å². The fourth-order valence-corrected chi connectivity index (χ4v) is 2.17. The second-order valence-corrected chi connectivity index (χ2v) is 6.52. The number of halogens is 4. The Hall–Kier alpha value is -1.32. The molecule has 24 heavy (non-hydrogen) atoms. The molecule has 1 saturated heterocycles. The Morgan fingerprint density at radius 2 is 1.62 bits per heavy atom. The number of rotatable bonds is 4. The van der Waals surface area contributed by atoms with Gasteiger partial charge in [0.05, 0.1) is 16.8 Å². The molecule has 134 valence electrons. The molecule has 0 atom stereocenters. The SMILES string of the molecule is COCOc1cc(B2OC(C)(C)C(C)(C)O2)cc(C(F)(F)F)c1F. The molecular weight excluding hydrogens is 331 g/mol. The van der Waals surface area contributed by atoms with Gasteiger partial charge in [-0.2, -0.15) is 13.2 Å². The average molecular weight is 350 g/mol. The van der Waals surface area contributed by atoms with Crippen LogP contribution in [0.4, 0.5) is 17.6 Å². The quantitative estimate of drug-likeness (QED) is 0.475. The maximum Gasteiger partial charge on any atom is 0.494 e. The molecule has 1 aliphatic rings. The van der Waals surface area contributed by atoms with E-state index in [1.165, 1.54) is 7.11 Å². The summed E-state index contributed by atoms with van der Waals surface area (Å²) in [4.78, 5) is 0. The molecule has 0 unspecified atom stereocenters. The van der Waals surface area contributed by atoms with Gasteiger partial charge < -0.3 is 18.8 Å². The van der Waals surface area contributed by atoms with E-state index in [0.717, 1.165) is 6.07 Å². The molecule has 0 aromatic heterocycles. The first-order chi connectivity index (χ1) is 10.9. The molecule has 9 heteroatoms. The van der Waals surface area contributed by atoms with E-state index in [0.29, 0.717) is 6.07 Å². The van der Waals surface area contributed by atoms with E-state index in [2.05, 4.69) is 4.74 Å². The van der Waals surface area contributed by atoms with Gasteiger partial charge in [0, 0.05) is 7.11 Å². The lowest BCUT2D eigenvalue weighted by atomic mass is 9.78. The highest BCUT2D eigenvalue weighted by molar-refractivity contribution is 6.62. The van der Waals surface area contributed by atoms with Gasteiger partial charge in [-0.3, -0.25) is 0 Å². The third-order valence-corrected chi connectivity index (χ3v) is 4.22. The van der Waals surface area contributed by atoms with Crippen LogP contribution in [-0.4, -0.2) is 32.2 Å². The van der Waals surface area contributed by atoms with E-state index < -0.39 is 41.6 Å². The van der Waals surface area contributed by atoms with Crippen molar-refractivity contribution in [3.63, 3.8) is 0 Å². The first-order valence-electron chi connectivity index (χ1n) is 7.27. The summed E-state index contributed by atoms with van der Waals surface area (Å²) >= 11 is 0. The molecule has 2 rings (SSSR count). The molecule has 1 heterocycles. The number of alkyl halides is 3. The number of methoxy groups -OCH3 is 1. The van der Waals surface area contributed by atoms with E-state index in [1.54, 1.807) is 27.7 Å². The summed E-state index contributed by atoms with van der Waals surface area (Å²) in [5.41, 5.74) is -2.90. The summed E-state index contributed by atoms with van der Waals surface area (Å²) < 4.78 is 74.4. The average Bonchev–Trinajstić information content (AvgIpc) is 2.65. The highest BCUT2D eigenvalue weighted by Crippen LogP contribution is 2.38. The first kappa shape index (κ1) is 19.0. The Morgan fingerprint density at radius 3 is 2.08 bits per heavy atom. The van der Waals surface area contributed by atoms with Gasteiger partial charge in [-0.25, -0.2) is 4.39 Å². The largest absolute Gasteiger partial charge is 0.494 e. The normalized spacial score (nSPS) is 19.6.